The molecule has 18 heavy (non-hydrogen) atoms. The Kier molecular flexibility index (Phi) is 4.55. The van der Waals surface area contributed by atoms with E-state index >= 15 is 0 Å². The van der Waals surface area contributed by atoms with Crippen LogP contribution in [0.1, 0.15) is 17.3 Å². The quantitative estimate of drug-likeness (QED) is 0.747. The third-order valence-electron chi connectivity index (χ3n) is 2.54. The summed E-state index contributed by atoms with van der Waals surface area (Å²) in [6.07, 6.45) is 0. The lowest BCUT2D eigenvalue weighted by molar-refractivity contribution is 0.0955. The maximum absolute atomic E-state index is 11.9. The zero-order chi connectivity index (χ0) is 13.7. The number of benzene rings is 1. The molecule has 1 atom stereocenters. The molecule has 0 fully saturated rings. The van der Waals surface area contributed by atoms with Gasteiger partial charge in [-0.2, -0.15) is 5.26 Å². The Hall–Kier alpha value is -2.22. The van der Waals surface area contributed by atoms with Gasteiger partial charge in [0, 0.05) is 5.56 Å². The van der Waals surface area contributed by atoms with Gasteiger partial charge >= 0.3 is 0 Å². The van der Waals surface area contributed by atoms with Crippen LogP contribution in [0.5, 0.6) is 17.2 Å². The molecule has 5 heteroatoms. The van der Waals surface area contributed by atoms with Crippen molar-refractivity contribution < 1.29 is 19.0 Å². The van der Waals surface area contributed by atoms with Crippen LogP contribution in [0.3, 0.4) is 0 Å². The predicted octanol–water partition coefficient (Wildman–Crippen LogP) is 2.05. The van der Waals surface area contributed by atoms with Crippen LogP contribution in [-0.4, -0.2) is 27.1 Å². The highest BCUT2D eigenvalue weighted by atomic mass is 16.5. The number of carbonyl (C=O) groups is 1. The number of nitriles is 1. The largest absolute Gasteiger partial charge is 0.493 e. The van der Waals surface area contributed by atoms with Crippen LogP contribution in [0.2, 0.25) is 0 Å². The summed E-state index contributed by atoms with van der Waals surface area (Å²) >= 11 is 0. The van der Waals surface area contributed by atoms with Gasteiger partial charge in [0.15, 0.2) is 17.3 Å². The van der Waals surface area contributed by atoms with Crippen molar-refractivity contribution in [1.29, 1.82) is 5.26 Å². The van der Waals surface area contributed by atoms with Crippen LogP contribution in [0.15, 0.2) is 12.1 Å². The summed E-state index contributed by atoms with van der Waals surface area (Å²) in [6, 6.07) is 4.98. The van der Waals surface area contributed by atoms with Crippen LogP contribution in [0.4, 0.5) is 0 Å². The number of methoxy groups -OCH3 is 3. The maximum Gasteiger partial charge on any atom is 0.203 e. The van der Waals surface area contributed by atoms with E-state index in [2.05, 4.69) is 0 Å². The van der Waals surface area contributed by atoms with E-state index < -0.39 is 5.92 Å². The van der Waals surface area contributed by atoms with Gasteiger partial charge < -0.3 is 14.2 Å². The van der Waals surface area contributed by atoms with E-state index in [1.807, 2.05) is 6.07 Å². The monoisotopic (exact) mass is 249 g/mol. The van der Waals surface area contributed by atoms with Gasteiger partial charge in [0.2, 0.25) is 5.75 Å². The van der Waals surface area contributed by atoms with Crippen molar-refractivity contribution in [1.82, 2.24) is 0 Å². The molecule has 0 aliphatic heterocycles. The Morgan fingerprint density at radius 3 is 2.00 bits per heavy atom. The van der Waals surface area contributed by atoms with Crippen molar-refractivity contribution in [2.45, 2.75) is 6.92 Å². The van der Waals surface area contributed by atoms with E-state index in [-0.39, 0.29) is 5.78 Å². The summed E-state index contributed by atoms with van der Waals surface area (Å²) < 4.78 is 15.4. The fraction of sp³-hybridized carbons (Fsp3) is 0.385. The highest BCUT2D eigenvalue weighted by Gasteiger charge is 2.20. The maximum atomic E-state index is 11.9. The third kappa shape index (κ3) is 2.54. The summed E-state index contributed by atoms with van der Waals surface area (Å²) in [4.78, 5) is 11.9. The molecule has 0 aliphatic rings. The summed E-state index contributed by atoms with van der Waals surface area (Å²) in [5.41, 5.74) is 0.360. The van der Waals surface area contributed by atoms with Gasteiger partial charge in [-0.3, -0.25) is 4.79 Å². The van der Waals surface area contributed by atoms with Crippen LogP contribution in [-0.2, 0) is 0 Å². The first kappa shape index (κ1) is 13.8. The second-order valence-corrected chi connectivity index (χ2v) is 3.63. The first-order valence-corrected chi connectivity index (χ1v) is 5.32. The first-order chi connectivity index (χ1) is 8.58. The Balaban J connectivity index is 3.32. The van der Waals surface area contributed by atoms with Gasteiger partial charge in [0.05, 0.1) is 27.4 Å². The highest BCUT2D eigenvalue weighted by Crippen LogP contribution is 2.38. The van der Waals surface area contributed by atoms with Crippen molar-refractivity contribution in [2.75, 3.05) is 21.3 Å². The zero-order valence-electron chi connectivity index (χ0n) is 10.8. The van der Waals surface area contributed by atoms with Gasteiger partial charge in [0.25, 0.3) is 0 Å². The number of hydrogen-bond donors (Lipinski definition) is 0. The molecule has 1 unspecified atom stereocenters. The molecule has 0 saturated carbocycles. The molecule has 1 aromatic rings. The second-order valence-electron chi connectivity index (χ2n) is 3.63. The molecule has 0 aliphatic carbocycles. The first-order valence-electron chi connectivity index (χ1n) is 5.32. The smallest absolute Gasteiger partial charge is 0.203 e. The predicted molar refractivity (Wildman–Crippen MR) is 65.2 cm³/mol. The minimum absolute atomic E-state index is 0.281. The topological polar surface area (TPSA) is 68.6 Å². The molecule has 0 radical (unpaired) electrons. The standard InChI is InChI=1S/C13H15NO4/c1-8(7-14)12(15)9-5-10(16-2)13(18-4)11(6-9)17-3/h5-6,8H,1-4H3. The van der Waals surface area contributed by atoms with Crippen LogP contribution in [0.25, 0.3) is 0 Å². The molecule has 5 nitrogen and oxygen atoms in total. The molecule has 96 valence electrons. The van der Waals surface area contributed by atoms with Crippen LogP contribution >= 0.6 is 0 Å². The second kappa shape index (κ2) is 5.92. The van der Waals surface area contributed by atoms with E-state index in [1.54, 1.807) is 6.92 Å². The number of hydrogen-bond acceptors (Lipinski definition) is 5. The lowest BCUT2D eigenvalue weighted by Gasteiger charge is -2.14. The van der Waals surface area contributed by atoms with E-state index in [9.17, 15) is 4.79 Å². The SMILES string of the molecule is COc1cc(C(=O)C(C)C#N)cc(OC)c1OC. The van der Waals surface area contributed by atoms with Gasteiger partial charge in [0.1, 0.15) is 5.92 Å². The summed E-state index contributed by atoms with van der Waals surface area (Å²) in [5.74, 6) is 0.210. The molecule has 0 bridgehead atoms. The molecule has 0 heterocycles. The van der Waals surface area contributed by atoms with E-state index in [0.29, 0.717) is 22.8 Å². The number of ether oxygens (including phenoxy) is 3. The summed E-state index contributed by atoms with van der Waals surface area (Å²) in [7, 11) is 4.43. The number of Topliss-reactive ketones (excluding diaryl/α,β-unsaturated/α-hetero) is 1. The third-order valence-corrected chi connectivity index (χ3v) is 2.54. The number of carbonyl (C=O) groups excluding carboxylic acids is 1. The lowest BCUT2D eigenvalue weighted by atomic mass is 10.00. The molecule has 0 aromatic heterocycles. The molecule has 1 rings (SSSR count). The molecular weight excluding hydrogens is 234 g/mol. The number of rotatable bonds is 5. The average Bonchev–Trinajstić information content (AvgIpc) is 2.43. The van der Waals surface area contributed by atoms with Crippen molar-refractivity contribution >= 4 is 5.78 Å². The minimum Gasteiger partial charge on any atom is -0.493 e. The molecule has 0 spiro atoms. The normalized spacial score (nSPS) is 11.3. The Bertz CT molecular complexity index is 465. The van der Waals surface area contributed by atoms with Crippen molar-refractivity contribution in [3.63, 3.8) is 0 Å². The summed E-state index contributed by atoms with van der Waals surface area (Å²) in [6.45, 7) is 1.55. The Labute approximate surface area is 106 Å². The fourth-order valence-electron chi connectivity index (χ4n) is 1.53. The summed E-state index contributed by atoms with van der Waals surface area (Å²) in [5, 5.41) is 8.76. The van der Waals surface area contributed by atoms with Gasteiger partial charge in [-0.25, -0.2) is 0 Å². The van der Waals surface area contributed by atoms with Crippen LogP contribution < -0.4 is 14.2 Å². The van der Waals surface area contributed by atoms with Crippen molar-refractivity contribution in [3.8, 4) is 23.3 Å². The van der Waals surface area contributed by atoms with Gasteiger partial charge in [-0.1, -0.05) is 0 Å². The zero-order valence-corrected chi connectivity index (χ0v) is 10.8. The molecule has 0 N–H and O–H groups in total. The van der Waals surface area contributed by atoms with E-state index in [4.69, 9.17) is 19.5 Å². The van der Waals surface area contributed by atoms with Crippen molar-refractivity contribution in [3.05, 3.63) is 17.7 Å². The molecular formula is C13H15NO4. The average molecular weight is 249 g/mol. The fourth-order valence-corrected chi connectivity index (χ4v) is 1.53. The minimum atomic E-state index is -0.715. The Morgan fingerprint density at radius 1 is 1.17 bits per heavy atom. The molecule has 1 aromatic carbocycles. The lowest BCUT2D eigenvalue weighted by Crippen LogP contribution is -2.10. The van der Waals surface area contributed by atoms with E-state index in [1.165, 1.54) is 33.5 Å². The number of ketones is 1. The van der Waals surface area contributed by atoms with Gasteiger partial charge in [-0.05, 0) is 19.1 Å². The Morgan fingerprint density at radius 2 is 1.67 bits per heavy atom. The van der Waals surface area contributed by atoms with E-state index in [0.717, 1.165) is 0 Å². The molecule has 0 saturated heterocycles. The highest BCUT2D eigenvalue weighted by molar-refractivity contribution is 6.00. The van der Waals surface area contributed by atoms with Crippen LogP contribution in [0, 0.1) is 17.2 Å². The van der Waals surface area contributed by atoms with Crippen molar-refractivity contribution in [2.24, 2.45) is 5.92 Å². The van der Waals surface area contributed by atoms with Gasteiger partial charge in [-0.15, -0.1) is 0 Å². The number of nitrogens with zero attached hydrogens (tertiary/aromatic N) is 1. The molecule has 0 amide bonds.